The number of primary amides is 1. The van der Waals surface area contributed by atoms with E-state index in [2.05, 4.69) is 9.97 Å². The third-order valence-electron chi connectivity index (χ3n) is 3.78. The third-order valence-corrected chi connectivity index (χ3v) is 5.06. The number of hydrogen-bond donors (Lipinski definition) is 2. The van der Waals surface area contributed by atoms with Gasteiger partial charge in [-0.15, -0.1) is 11.8 Å². The van der Waals surface area contributed by atoms with Crippen LogP contribution in [0.3, 0.4) is 0 Å². The van der Waals surface area contributed by atoms with E-state index in [1.165, 1.54) is 0 Å². The largest absolute Gasteiger partial charge is 0.368 e. The maximum Gasteiger partial charge on any atom is 0.237 e. The first-order chi connectivity index (χ1) is 9.58. The van der Waals surface area contributed by atoms with Crippen LogP contribution >= 0.6 is 11.8 Å². The number of carbonyl (C=O) groups is 1. The van der Waals surface area contributed by atoms with Crippen molar-refractivity contribution in [1.29, 1.82) is 0 Å². The summed E-state index contributed by atoms with van der Waals surface area (Å²) in [6.45, 7) is 0. The van der Waals surface area contributed by atoms with Gasteiger partial charge in [-0.1, -0.05) is 18.2 Å². The molecule has 1 amide bonds. The molecule has 2 unspecified atom stereocenters. The fourth-order valence-corrected chi connectivity index (χ4v) is 3.92. The van der Waals surface area contributed by atoms with E-state index in [1.807, 2.05) is 24.3 Å². The lowest BCUT2D eigenvalue weighted by Gasteiger charge is -2.19. The van der Waals surface area contributed by atoms with Crippen molar-refractivity contribution >= 4 is 28.6 Å². The highest BCUT2D eigenvalue weighted by atomic mass is 32.2. The monoisotopic (exact) mass is 288 g/mol. The number of para-hydroxylation sites is 1. The molecule has 0 spiro atoms. The van der Waals surface area contributed by atoms with Crippen LogP contribution < -0.4 is 11.5 Å². The third kappa shape index (κ3) is 2.36. The lowest BCUT2D eigenvalue weighted by atomic mass is 9.99. The molecule has 0 radical (unpaired) electrons. The van der Waals surface area contributed by atoms with Gasteiger partial charge in [0, 0.05) is 10.6 Å². The van der Waals surface area contributed by atoms with E-state index in [-0.39, 0.29) is 5.25 Å². The molecule has 1 aliphatic carbocycles. The van der Waals surface area contributed by atoms with Crippen molar-refractivity contribution < 1.29 is 4.79 Å². The first kappa shape index (κ1) is 13.3. The first-order valence-electron chi connectivity index (χ1n) is 6.54. The molecule has 0 bridgehead atoms. The molecule has 1 fully saturated rings. The average Bonchev–Trinajstić information content (AvgIpc) is 2.82. The number of nitrogens with two attached hydrogens (primary N) is 2. The van der Waals surface area contributed by atoms with Gasteiger partial charge in [0.2, 0.25) is 5.91 Å². The minimum absolute atomic E-state index is 0.269. The Morgan fingerprint density at radius 1 is 1.35 bits per heavy atom. The number of fused-ring (bicyclic) bond motifs is 1. The Morgan fingerprint density at radius 3 is 2.90 bits per heavy atom. The summed E-state index contributed by atoms with van der Waals surface area (Å²) in [5.74, 6) is -0.409. The zero-order chi connectivity index (χ0) is 14.2. The Hall–Kier alpha value is -1.66. The Balaban J connectivity index is 1.83. The van der Waals surface area contributed by atoms with E-state index in [4.69, 9.17) is 11.5 Å². The van der Waals surface area contributed by atoms with E-state index < -0.39 is 11.4 Å². The molecule has 1 aliphatic rings. The minimum atomic E-state index is -0.861. The predicted molar refractivity (Wildman–Crippen MR) is 79.1 cm³/mol. The molecule has 2 aromatic rings. The van der Waals surface area contributed by atoms with Crippen LogP contribution in [0, 0.1) is 0 Å². The van der Waals surface area contributed by atoms with Crippen LogP contribution in [0.25, 0.3) is 10.9 Å². The molecule has 1 heterocycles. The molecule has 3 rings (SSSR count). The molecule has 1 aromatic heterocycles. The van der Waals surface area contributed by atoms with Crippen LogP contribution in [0.2, 0.25) is 0 Å². The molecule has 5 nitrogen and oxygen atoms in total. The summed E-state index contributed by atoms with van der Waals surface area (Å²) in [4.78, 5) is 20.0. The highest BCUT2D eigenvalue weighted by Gasteiger charge is 2.41. The van der Waals surface area contributed by atoms with Crippen LogP contribution in [0.15, 0.2) is 35.6 Å². The molecule has 20 heavy (non-hydrogen) atoms. The molecule has 4 N–H and O–H groups in total. The van der Waals surface area contributed by atoms with E-state index in [0.29, 0.717) is 12.8 Å². The molecule has 0 aliphatic heterocycles. The highest BCUT2D eigenvalue weighted by Crippen LogP contribution is 2.39. The molecule has 104 valence electrons. The number of rotatable bonds is 3. The van der Waals surface area contributed by atoms with Crippen molar-refractivity contribution in [2.45, 2.75) is 35.1 Å². The van der Waals surface area contributed by atoms with Gasteiger partial charge in [0.05, 0.1) is 11.1 Å². The molecule has 6 heteroatoms. The van der Waals surface area contributed by atoms with Crippen molar-refractivity contribution in [3.05, 3.63) is 30.6 Å². The topological polar surface area (TPSA) is 94.9 Å². The fraction of sp³-hybridized carbons (Fsp3) is 0.357. The second-order valence-corrected chi connectivity index (χ2v) is 6.49. The van der Waals surface area contributed by atoms with Gasteiger partial charge < -0.3 is 11.5 Å². The van der Waals surface area contributed by atoms with E-state index in [1.54, 1.807) is 18.1 Å². The van der Waals surface area contributed by atoms with Gasteiger partial charge in [0.25, 0.3) is 0 Å². The van der Waals surface area contributed by atoms with Crippen LogP contribution in [-0.4, -0.2) is 26.7 Å². The van der Waals surface area contributed by atoms with Gasteiger partial charge >= 0.3 is 0 Å². The Labute approximate surface area is 121 Å². The van der Waals surface area contributed by atoms with Crippen LogP contribution in [-0.2, 0) is 4.79 Å². The molecule has 0 saturated heterocycles. The maximum atomic E-state index is 11.4. The number of nitrogens with zero attached hydrogens (tertiary/aromatic N) is 2. The number of thioether (sulfide) groups is 1. The summed E-state index contributed by atoms with van der Waals surface area (Å²) in [5, 5.41) is 2.24. The van der Waals surface area contributed by atoms with Crippen molar-refractivity contribution in [1.82, 2.24) is 9.97 Å². The van der Waals surface area contributed by atoms with Crippen LogP contribution in [0.4, 0.5) is 0 Å². The summed E-state index contributed by atoms with van der Waals surface area (Å²) < 4.78 is 0. The fourth-order valence-electron chi connectivity index (χ4n) is 2.59. The average molecular weight is 288 g/mol. The van der Waals surface area contributed by atoms with Gasteiger partial charge in [-0.2, -0.15) is 0 Å². The van der Waals surface area contributed by atoms with Gasteiger partial charge in [-0.3, -0.25) is 4.79 Å². The smallest absolute Gasteiger partial charge is 0.237 e. The summed E-state index contributed by atoms with van der Waals surface area (Å²) in [7, 11) is 0. The lowest BCUT2D eigenvalue weighted by molar-refractivity contribution is -0.122. The van der Waals surface area contributed by atoms with Gasteiger partial charge in [-0.05, 0) is 25.3 Å². The normalized spacial score (nSPS) is 25.9. The second kappa shape index (κ2) is 5.03. The number of carbonyl (C=O) groups excluding carboxylic acids is 1. The molecule has 2 atom stereocenters. The van der Waals surface area contributed by atoms with E-state index in [9.17, 15) is 4.79 Å². The highest BCUT2D eigenvalue weighted by molar-refractivity contribution is 8.00. The minimum Gasteiger partial charge on any atom is -0.368 e. The Morgan fingerprint density at radius 2 is 2.15 bits per heavy atom. The summed E-state index contributed by atoms with van der Waals surface area (Å²) in [6, 6.07) is 7.90. The van der Waals surface area contributed by atoms with Crippen LogP contribution in [0.1, 0.15) is 19.3 Å². The molecule has 1 aromatic carbocycles. The van der Waals surface area contributed by atoms with E-state index in [0.717, 1.165) is 22.3 Å². The quantitative estimate of drug-likeness (QED) is 0.834. The lowest BCUT2D eigenvalue weighted by Crippen LogP contribution is -2.50. The van der Waals surface area contributed by atoms with Crippen molar-refractivity contribution in [2.24, 2.45) is 11.5 Å². The predicted octanol–water partition coefficient (Wildman–Crippen LogP) is 1.46. The maximum absolute atomic E-state index is 11.4. The zero-order valence-electron chi connectivity index (χ0n) is 11.0. The first-order valence-corrected chi connectivity index (χ1v) is 7.42. The Bertz CT molecular complexity index is 657. The van der Waals surface area contributed by atoms with Crippen LogP contribution in [0.5, 0.6) is 0 Å². The van der Waals surface area contributed by atoms with Crippen molar-refractivity contribution in [3.8, 4) is 0 Å². The zero-order valence-corrected chi connectivity index (χ0v) is 11.8. The molecule has 1 saturated carbocycles. The molecular weight excluding hydrogens is 272 g/mol. The van der Waals surface area contributed by atoms with E-state index >= 15 is 0 Å². The summed E-state index contributed by atoms with van der Waals surface area (Å²) in [6.07, 6.45) is 3.69. The number of hydrogen-bond acceptors (Lipinski definition) is 5. The number of amides is 1. The number of benzene rings is 1. The second-order valence-electron chi connectivity index (χ2n) is 5.20. The van der Waals surface area contributed by atoms with Crippen molar-refractivity contribution in [3.63, 3.8) is 0 Å². The van der Waals surface area contributed by atoms with Crippen molar-refractivity contribution in [2.75, 3.05) is 0 Å². The standard InChI is InChI=1S/C14H16N4OS/c15-13(19)14(16)6-5-9(7-14)20-12-10-3-1-2-4-11(10)17-8-18-12/h1-4,8-9H,5-7,16H2,(H2,15,19). The van der Waals surface area contributed by atoms with Gasteiger partial charge in [0.15, 0.2) is 0 Å². The number of aromatic nitrogens is 2. The molecular formula is C14H16N4OS. The Kier molecular flexibility index (Phi) is 3.35. The van der Waals surface area contributed by atoms with Gasteiger partial charge in [0.1, 0.15) is 11.4 Å². The van der Waals surface area contributed by atoms with Gasteiger partial charge in [-0.25, -0.2) is 9.97 Å². The summed E-state index contributed by atoms with van der Waals surface area (Å²) >= 11 is 1.66. The summed E-state index contributed by atoms with van der Waals surface area (Å²) in [5.41, 5.74) is 11.5. The SMILES string of the molecule is NC(=O)C1(N)CCC(Sc2ncnc3ccccc23)C1.